The molecule has 1 aromatic rings. The van der Waals surface area contributed by atoms with Crippen LogP contribution in [-0.4, -0.2) is 34.0 Å². The number of methoxy groups -OCH3 is 1. The second-order valence-corrected chi connectivity index (χ2v) is 4.85. The highest BCUT2D eigenvalue weighted by atomic mass is 16.5. The molecule has 2 rings (SSSR count). The fourth-order valence-electron chi connectivity index (χ4n) is 2.30. The lowest BCUT2D eigenvalue weighted by atomic mass is 10.2. The molecule has 1 aliphatic rings. The minimum atomic E-state index is 0.193. The van der Waals surface area contributed by atoms with Crippen LogP contribution in [0, 0.1) is 0 Å². The topological polar surface area (TPSA) is 52.0 Å². The maximum atomic E-state index is 5.32. The Kier molecular flexibility index (Phi) is 3.79. The van der Waals surface area contributed by atoms with Crippen molar-refractivity contribution in [2.75, 3.05) is 7.11 Å². The van der Waals surface area contributed by atoms with Crippen molar-refractivity contribution in [2.45, 2.75) is 58.3 Å². The van der Waals surface area contributed by atoms with Crippen molar-refractivity contribution < 1.29 is 4.74 Å². The standard InChI is InChI=1S/C12H22N4O/c1-8(10(3)17-4)13-9(2)12-15-14-11-6-5-7-16(11)12/h8-10,13H,5-7H2,1-4H3. The minimum absolute atomic E-state index is 0.193. The summed E-state index contributed by atoms with van der Waals surface area (Å²) in [6.45, 7) is 7.39. The molecule has 1 N–H and O–H groups in total. The van der Waals surface area contributed by atoms with Gasteiger partial charge in [0.15, 0.2) is 0 Å². The SMILES string of the molecule is COC(C)C(C)NC(C)c1nnc2n1CCC2. The number of hydrogen-bond donors (Lipinski definition) is 1. The van der Waals surface area contributed by atoms with Gasteiger partial charge in [-0.05, 0) is 27.2 Å². The average Bonchev–Trinajstić information content (AvgIpc) is 2.88. The first-order chi connectivity index (χ1) is 8.13. The van der Waals surface area contributed by atoms with Gasteiger partial charge in [0.05, 0.1) is 12.1 Å². The van der Waals surface area contributed by atoms with Crippen LogP contribution in [0.15, 0.2) is 0 Å². The van der Waals surface area contributed by atoms with Crippen LogP contribution in [0.2, 0.25) is 0 Å². The minimum Gasteiger partial charge on any atom is -0.380 e. The maximum Gasteiger partial charge on any atom is 0.149 e. The van der Waals surface area contributed by atoms with Crippen molar-refractivity contribution in [3.05, 3.63) is 11.6 Å². The molecule has 0 amide bonds. The zero-order valence-electron chi connectivity index (χ0n) is 11.1. The Labute approximate surface area is 103 Å². The second kappa shape index (κ2) is 5.14. The maximum absolute atomic E-state index is 5.32. The van der Waals surface area contributed by atoms with Crippen LogP contribution < -0.4 is 5.32 Å². The normalized spacial score (nSPS) is 20.0. The molecule has 96 valence electrons. The van der Waals surface area contributed by atoms with Crippen LogP contribution in [-0.2, 0) is 17.7 Å². The van der Waals surface area contributed by atoms with E-state index >= 15 is 0 Å². The predicted molar refractivity (Wildman–Crippen MR) is 65.8 cm³/mol. The van der Waals surface area contributed by atoms with Gasteiger partial charge in [-0.2, -0.15) is 0 Å². The van der Waals surface area contributed by atoms with Gasteiger partial charge in [0.2, 0.25) is 0 Å². The summed E-state index contributed by atoms with van der Waals surface area (Å²) in [7, 11) is 1.74. The number of rotatable bonds is 5. The zero-order valence-corrected chi connectivity index (χ0v) is 11.1. The average molecular weight is 238 g/mol. The van der Waals surface area contributed by atoms with E-state index in [0.717, 1.165) is 24.6 Å². The molecule has 0 aromatic carbocycles. The molecule has 0 saturated carbocycles. The fourth-order valence-corrected chi connectivity index (χ4v) is 2.30. The molecule has 0 spiro atoms. The molecular weight excluding hydrogens is 216 g/mol. The Morgan fingerprint density at radius 2 is 2.06 bits per heavy atom. The smallest absolute Gasteiger partial charge is 0.149 e. The van der Waals surface area contributed by atoms with Gasteiger partial charge in [-0.3, -0.25) is 0 Å². The highest BCUT2D eigenvalue weighted by Gasteiger charge is 2.23. The summed E-state index contributed by atoms with van der Waals surface area (Å²) < 4.78 is 7.56. The van der Waals surface area contributed by atoms with Crippen molar-refractivity contribution in [1.82, 2.24) is 20.1 Å². The number of aromatic nitrogens is 3. The molecule has 0 bridgehead atoms. The summed E-state index contributed by atoms with van der Waals surface area (Å²) in [6, 6.07) is 0.506. The summed E-state index contributed by atoms with van der Waals surface area (Å²) >= 11 is 0. The van der Waals surface area contributed by atoms with Gasteiger partial charge in [-0.1, -0.05) is 0 Å². The monoisotopic (exact) mass is 238 g/mol. The molecule has 5 heteroatoms. The van der Waals surface area contributed by atoms with Crippen LogP contribution in [0.3, 0.4) is 0 Å². The molecule has 3 atom stereocenters. The summed E-state index contributed by atoms with van der Waals surface area (Å²) in [5.41, 5.74) is 0. The molecule has 5 nitrogen and oxygen atoms in total. The van der Waals surface area contributed by atoms with Gasteiger partial charge in [0.1, 0.15) is 11.6 Å². The Morgan fingerprint density at radius 1 is 1.29 bits per heavy atom. The molecule has 1 aliphatic heterocycles. The zero-order chi connectivity index (χ0) is 12.4. The molecule has 3 unspecified atom stereocenters. The first-order valence-corrected chi connectivity index (χ1v) is 6.34. The Hall–Kier alpha value is -0.940. The summed E-state index contributed by atoms with van der Waals surface area (Å²) in [4.78, 5) is 0. The lowest BCUT2D eigenvalue weighted by Crippen LogP contribution is -2.39. The molecule has 0 aliphatic carbocycles. The van der Waals surface area contributed by atoms with Gasteiger partial charge >= 0.3 is 0 Å². The number of fused-ring (bicyclic) bond motifs is 1. The van der Waals surface area contributed by atoms with E-state index in [4.69, 9.17) is 4.74 Å². The van der Waals surface area contributed by atoms with Crippen LogP contribution >= 0.6 is 0 Å². The third-order valence-corrected chi connectivity index (χ3v) is 3.61. The van der Waals surface area contributed by atoms with E-state index in [1.807, 2.05) is 0 Å². The summed E-state index contributed by atoms with van der Waals surface area (Å²) in [5, 5.41) is 12.0. The lowest BCUT2D eigenvalue weighted by Gasteiger charge is -2.24. The van der Waals surface area contributed by atoms with E-state index in [1.54, 1.807) is 7.11 Å². The van der Waals surface area contributed by atoms with Crippen LogP contribution in [0.4, 0.5) is 0 Å². The fraction of sp³-hybridized carbons (Fsp3) is 0.833. The van der Waals surface area contributed by atoms with Crippen LogP contribution in [0.1, 0.15) is 44.9 Å². The van der Waals surface area contributed by atoms with Crippen molar-refractivity contribution in [2.24, 2.45) is 0 Å². The molecule has 0 fully saturated rings. The highest BCUT2D eigenvalue weighted by molar-refractivity contribution is 5.04. The van der Waals surface area contributed by atoms with E-state index in [0.29, 0.717) is 6.04 Å². The highest BCUT2D eigenvalue weighted by Crippen LogP contribution is 2.19. The number of aryl methyl sites for hydroxylation is 1. The van der Waals surface area contributed by atoms with Crippen molar-refractivity contribution in [1.29, 1.82) is 0 Å². The van der Waals surface area contributed by atoms with Crippen LogP contribution in [0.25, 0.3) is 0 Å². The predicted octanol–water partition coefficient (Wildman–Crippen LogP) is 1.30. The van der Waals surface area contributed by atoms with Gasteiger partial charge in [-0.15, -0.1) is 10.2 Å². The number of nitrogens with one attached hydrogen (secondary N) is 1. The van der Waals surface area contributed by atoms with E-state index in [-0.39, 0.29) is 12.1 Å². The Balaban J connectivity index is 2.02. The van der Waals surface area contributed by atoms with E-state index < -0.39 is 0 Å². The number of nitrogens with zero attached hydrogens (tertiary/aromatic N) is 3. The van der Waals surface area contributed by atoms with Crippen molar-refractivity contribution >= 4 is 0 Å². The summed E-state index contributed by atoms with van der Waals surface area (Å²) in [5.74, 6) is 2.17. The summed E-state index contributed by atoms with van der Waals surface area (Å²) in [6.07, 6.45) is 2.44. The second-order valence-electron chi connectivity index (χ2n) is 4.85. The molecule has 2 heterocycles. The lowest BCUT2D eigenvalue weighted by molar-refractivity contribution is 0.0846. The van der Waals surface area contributed by atoms with Gasteiger partial charge in [0, 0.05) is 26.1 Å². The molecule has 0 radical (unpaired) electrons. The van der Waals surface area contributed by atoms with Gasteiger partial charge in [-0.25, -0.2) is 0 Å². The Morgan fingerprint density at radius 3 is 2.76 bits per heavy atom. The van der Waals surface area contributed by atoms with E-state index in [1.165, 1.54) is 6.42 Å². The van der Waals surface area contributed by atoms with Gasteiger partial charge in [0.25, 0.3) is 0 Å². The van der Waals surface area contributed by atoms with Crippen molar-refractivity contribution in [3.63, 3.8) is 0 Å². The third-order valence-electron chi connectivity index (χ3n) is 3.61. The van der Waals surface area contributed by atoms with Gasteiger partial charge < -0.3 is 14.6 Å². The quantitative estimate of drug-likeness (QED) is 0.840. The third kappa shape index (κ3) is 2.50. The molecular formula is C12H22N4O. The van der Waals surface area contributed by atoms with Crippen LogP contribution in [0.5, 0.6) is 0 Å². The van der Waals surface area contributed by atoms with Crippen molar-refractivity contribution in [3.8, 4) is 0 Å². The van der Waals surface area contributed by atoms with E-state index in [9.17, 15) is 0 Å². The number of hydrogen-bond acceptors (Lipinski definition) is 4. The molecule has 17 heavy (non-hydrogen) atoms. The largest absolute Gasteiger partial charge is 0.380 e. The Bertz CT molecular complexity index is 377. The van der Waals surface area contributed by atoms with E-state index in [2.05, 4.69) is 40.9 Å². The first-order valence-electron chi connectivity index (χ1n) is 6.34. The number of ether oxygens (including phenoxy) is 1. The molecule has 1 aromatic heterocycles. The molecule has 0 saturated heterocycles. The first kappa shape index (κ1) is 12.5.